The second kappa shape index (κ2) is 16.2. The second-order valence-electron chi connectivity index (χ2n) is 18.6. The van der Waals surface area contributed by atoms with Gasteiger partial charge in [-0.25, -0.2) is 13.8 Å². The Kier molecular flexibility index (Phi) is 10.7. The third-order valence-corrected chi connectivity index (χ3v) is 15.3. The van der Waals surface area contributed by atoms with Crippen LogP contribution in [-0.2, 0) is 23.9 Å². The summed E-state index contributed by atoms with van der Waals surface area (Å²) in [6, 6.07) is 7.24. The number of ether oxygens (including phenoxy) is 2. The Morgan fingerprint density at radius 3 is 2.48 bits per heavy atom. The first-order valence-corrected chi connectivity index (χ1v) is 22.6. The maximum atomic E-state index is 15.3. The largest absolute Gasteiger partial charge is 0.495 e. The van der Waals surface area contributed by atoms with Crippen LogP contribution in [0.25, 0.3) is 0 Å². The monoisotopic (exact) mass is 897 g/mol. The van der Waals surface area contributed by atoms with Crippen LogP contribution in [0.1, 0.15) is 86.6 Å². The number of piperidine rings is 2. The summed E-state index contributed by atoms with van der Waals surface area (Å²) >= 11 is 0. The van der Waals surface area contributed by atoms with E-state index < -0.39 is 46.5 Å². The van der Waals surface area contributed by atoms with Crippen LogP contribution < -0.4 is 35.4 Å². The van der Waals surface area contributed by atoms with Gasteiger partial charge in [-0.3, -0.25) is 29.3 Å². The highest BCUT2D eigenvalue weighted by Gasteiger charge is 2.76. The molecule has 1 aromatic heterocycles. The molecular formula is C46H53F2N9O8. The van der Waals surface area contributed by atoms with Crippen molar-refractivity contribution in [1.29, 1.82) is 0 Å². The normalized spacial score (nSPS) is 28.4. The van der Waals surface area contributed by atoms with Gasteiger partial charge in [-0.2, -0.15) is 4.98 Å². The highest BCUT2D eigenvalue weighted by Crippen LogP contribution is 2.63. The quantitative estimate of drug-likeness (QED) is 0.192. The van der Waals surface area contributed by atoms with E-state index >= 15 is 8.78 Å². The van der Waals surface area contributed by atoms with Crippen molar-refractivity contribution in [3.63, 3.8) is 0 Å². The van der Waals surface area contributed by atoms with E-state index in [2.05, 4.69) is 25.8 Å². The average Bonchev–Trinajstić information content (AvgIpc) is 3.98. The number of carbonyl (C=O) groups is 5. The first-order valence-electron chi connectivity index (χ1n) is 22.6. The molecule has 6 heterocycles. The number of aromatic nitrogens is 2. The number of carbonyl (C=O) groups excluding carboxylic acids is 5. The first-order chi connectivity index (χ1) is 31.3. The minimum absolute atomic E-state index is 0.0110. The SMILES string of the molecule is CC[C@@H]1C(=O)N(C)c2cnc(Nc3ccc(C(=O)NC4(CCO)C5CN(C(=O)C6CN(c7cc(F)c(C8CCC(=O)NC8=O)c(F)c7)C6)C6(C5)OCC46)cc3OC)nc2N1C1CCCC1. The number of anilines is 5. The van der Waals surface area contributed by atoms with E-state index in [-0.39, 0.29) is 98.5 Å². The molecule has 344 valence electrons. The summed E-state index contributed by atoms with van der Waals surface area (Å²) in [5.41, 5.74) is -0.436. The lowest BCUT2D eigenvalue weighted by Gasteiger charge is -2.59. The number of hydrogen-bond acceptors (Lipinski definition) is 13. The van der Waals surface area contributed by atoms with Gasteiger partial charge in [0.05, 0.1) is 48.9 Å². The molecule has 17 nitrogen and oxygen atoms in total. The van der Waals surface area contributed by atoms with Gasteiger partial charge in [-0.1, -0.05) is 19.8 Å². The highest BCUT2D eigenvalue weighted by molar-refractivity contribution is 6.04. The number of nitrogens with zero attached hydrogens (tertiary/aromatic N) is 6. The fourth-order valence-corrected chi connectivity index (χ4v) is 11.9. The lowest BCUT2D eigenvalue weighted by Crippen LogP contribution is -2.75. The lowest BCUT2D eigenvalue weighted by molar-refractivity contribution is -0.278. The van der Waals surface area contributed by atoms with Crippen molar-refractivity contribution >= 4 is 58.4 Å². The van der Waals surface area contributed by atoms with Gasteiger partial charge in [0.2, 0.25) is 29.6 Å². The van der Waals surface area contributed by atoms with Crippen molar-refractivity contribution in [1.82, 2.24) is 25.5 Å². The smallest absolute Gasteiger partial charge is 0.251 e. The van der Waals surface area contributed by atoms with Crippen molar-refractivity contribution in [2.75, 3.05) is 67.0 Å². The number of hydrogen-bond donors (Lipinski definition) is 4. The van der Waals surface area contributed by atoms with Crippen molar-refractivity contribution in [3.05, 3.63) is 59.3 Å². The van der Waals surface area contributed by atoms with E-state index in [9.17, 15) is 29.1 Å². The minimum atomic E-state index is -1.11. The zero-order valence-electron chi connectivity index (χ0n) is 36.6. The Bertz CT molecular complexity index is 2460. The number of aliphatic hydroxyl groups excluding tert-OH is 1. The maximum absolute atomic E-state index is 15.3. The summed E-state index contributed by atoms with van der Waals surface area (Å²) in [5.74, 6) is -4.16. The third kappa shape index (κ3) is 6.78. The van der Waals surface area contributed by atoms with Gasteiger partial charge in [-0.05, 0) is 62.4 Å². The van der Waals surface area contributed by atoms with E-state index in [0.29, 0.717) is 53.8 Å². The van der Waals surface area contributed by atoms with Gasteiger partial charge in [0.1, 0.15) is 29.1 Å². The van der Waals surface area contributed by atoms with Crippen LogP contribution in [0.2, 0.25) is 0 Å². The standard InChI is InChI=1S/C46H53F2N9O8/c1-4-33-43(63)54(2)34-19-49-44(52-39(34)57(33)27-7-5-6-8-27)50-32-11-9-24(15-35(32)64-3)40(60)53-45(13-14-58)26-18-46(36(45)23-65-46)56(22-26)42(62)25-20-55(21-25)28-16-30(47)38(31(48)17-28)29-10-12-37(59)51-41(29)61/h9,11,15-17,19,25-27,29,33,36,58H,4-8,10,12-14,18,20-23H2,1-3H3,(H,53,60)(H,49,50,52)(H,51,59,61)/t26?,29?,33-,36?,45?,46?/m1/s1. The van der Waals surface area contributed by atoms with Gasteiger partial charge in [-0.15, -0.1) is 0 Å². The predicted octanol–water partition coefficient (Wildman–Crippen LogP) is 3.72. The Balaban J connectivity index is 0.815. The molecule has 1 spiro atoms. The number of benzene rings is 2. The molecule has 65 heavy (non-hydrogen) atoms. The van der Waals surface area contributed by atoms with Gasteiger partial charge in [0.25, 0.3) is 5.91 Å². The van der Waals surface area contributed by atoms with Crippen LogP contribution in [0.3, 0.4) is 0 Å². The van der Waals surface area contributed by atoms with E-state index in [1.165, 1.54) is 7.11 Å². The minimum Gasteiger partial charge on any atom is -0.495 e. The first kappa shape index (κ1) is 43.0. The number of rotatable bonds is 12. The number of likely N-dealkylation sites (N-methyl/N-ethyl adjacent to an activating group) is 1. The number of halogens is 2. The van der Waals surface area contributed by atoms with Crippen LogP contribution in [0.4, 0.5) is 37.6 Å². The van der Waals surface area contributed by atoms with Crippen LogP contribution in [-0.4, -0.2) is 120 Å². The number of nitrogens with one attached hydrogen (secondary N) is 3. The van der Waals surface area contributed by atoms with Crippen molar-refractivity contribution in [3.8, 4) is 5.75 Å². The van der Waals surface area contributed by atoms with Crippen LogP contribution >= 0.6 is 0 Å². The third-order valence-electron chi connectivity index (χ3n) is 15.3. The average molecular weight is 898 g/mol. The van der Waals surface area contributed by atoms with E-state index in [4.69, 9.17) is 14.5 Å². The zero-order valence-corrected chi connectivity index (χ0v) is 36.6. The van der Waals surface area contributed by atoms with E-state index in [1.807, 2.05) is 6.92 Å². The summed E-state index contributed by atoms with van der Waals surface area (Å²) in [5, 5.41) is 19.1. The molecule has 2 bridgehead atoms. The molecular weight excluding hydrogens is 845 g/mol. The molecule has 5 aliphatic heterocycles. The number of methoxy groups -OCH3 is 1. The molecule has 6 atom stereocenters. The Morgan fingerprint density at radius 1 is 1.06 bits per heavy atom. The van der Waals surface area contributed by atoms with Crippen molar-refractivity contribution < 1.29 is 47.3 Å². The fourth-order valence-electron chi connectivity index (χ4n) is 11.9. The molecule has 7 aliphatic rings. The molecule has 10 rings (SSSR count). The fraction of sp³-hybridized carbons (Fsp3) is 0.543. The number of amides is 5. The summed E-state index contributed by atoms with van der Waals surface area (Å²) < 4.78 is 42.6. The molecule has 3 aromatic rings. The zero-order chi connectivity index (χ0) is 45.5. The summed E-state index contributed by atoms with van der Waals surface area (Å²) in [6.07, 6.45) is 7.23. The second-order valence-corrected chi connectivity index (χ2v) is 18.6. The molecule has 2 aliphatic carbocycles. The van der Waals surface area contributed by atoms with E-state index in [0.717, 1.165) is 37.8 Å². The molecule has 5 unspecified atom stereocenters. The lowest BCUT2D eigenvalue weighted by atomic mass is 9.71. The summed E-state index contributed by atoms with van der Waals surface area (Å²) in [4.78, 5) is 82.3. The van der Waals surface area contributed by atoms with Crippen LogP contribution in [0.5, 0.6) is 5.75 Å². The Labute approximate surface area is 374 Å². The summed E-state index contributed by atoms with van der Waals surface area (Å²) in [6.45, 7) is 2.84. The molecule has 2 saturated carbocycles. The molecule has 19 heteroatoms. The van der Waals surface area contributed by atoms with Crippen molar-refractivity contribution in [2.24, 2.45) is 17.8 Å². The van der Waals surface area contributed by atoms with Gasteiger partial charge in [0.15, 0.2) is 11.5 Å². The van der Waals surface area contributed by atoms with Crippen molar-refractivity contribution in [2.45, 2.75) is 94.0 Å². The topological polar surface area (TPSA) is 199 Å². The van der Waals surface area contributed by atoms with Crippen LogP contribution in [0, 0.1) is 29.4 Å². The maximum Gasteiger partial charge on any atom is 0.251 e. The highest BCUT2D eigenvalue weighted by atomic mass is 19.1. The van der Waals surface area contributed by atoms with Crippen LogP contribution in [0.15, 0.2) is 36.5 Å². The number of aliphatic hydroxyl groups is 1. The molecule has 6 fully saturated rings. The summed E-state index contributed by atoms with van der Waals surface area (Å²) in [7, 11) is 3.26. The van der Waals surface area contributed by atoms with E-state index in [1.54, 1.807) is 46.1 Å². The predicted molar refractivity (Wildman–Crippen MR) is 232 cm³/mol. The van der Waals surface area contributed by atoms with Gasteiger partial charge >= 0.3 is 0 Å². The van der Waals surface area contributed by atoms with Gasteiger partial charge < -0.3 is 44.8 Å². The molecule has 4 saturated heterocycles. The number of fused-ring (bicyclic) bond motifs is 2. The molecule has 5 amide bonds. The number of imide groups is 1. The molecule has 0 radical (unpaired) electrons. The van der Waals surface area contributed by atoms with Gasteiger partial charge in [0, 0.05) is 74.9 Å². The molecule has 2 aromatic carbocycles. The Hall–Kier alpha value is -5.95. The number of likely N-dealkylation sites (tertiary alicyclic amines) is 1. The Morgan fingerprint density at radius 2 is 1.82 bits per heavy atom. The molecule has 4 N–H and O–H groups in total.